The number of nitrogens with one attached hydrogen (secondary N) is 1. The van der Waals surface area contributed by atoms with Crippen LogP contribution in [0.1, 0.15) is 15.2 Å². The van der Waals surface area contributed by atoms with Gasteiger partial charge in [-0.05, 0) is 30.5 Å². The SMILES string of the molecule is Cc1ccc(NC(=O)[C@@H]2C(=O)c3sccc3N(C)S2(=O)=O)cc1. The summed E-state index contributed by atoms with van der Waals surface area (Å²) in [4.78, 5) is 25.2. The van der Waals surface area contributed by atoms with Crippen molar-refractivity contribution in [2.24, 2.45) is 0 Å². The molecule has 0 radical (unpaired) electrons. The fourth-order valence-electron chi connectivity index (χ4n) is 2.38. The molecule has 8 heteroatoms. The average Bonchev–Trinajstić information content (AvgIpc) is 2.97. The quantitative estimate of drug-likeness (QED) is 0.840. The van der Waals surface area contributed by atoms with E-state index in [1.54, 1.807) is 35.7 Å². The molecule has 1 atom stereocenters. The van der Waals surface area contributed by atoms with Crippen molar-refractivity contribution in [3.63, 3.8) is 0 Å². The fraction of sp³-hybridized carbons (Fsp3) is 0.200. The van der Waals surface area contributed by atoms with Gasteiger partial charge in [0.05, 0.1) is 10.6 Å². The first-order chi connectivity index (χ1) is 10.8. The van der Waals surface area contributed by atoms with E-state index in [9.17, 15) is 18.0 Å². The van der Waals surface area contributed by atoms with Gasteiger partial charge in [0.15, 0.2) is 0 Å². The van der Waals surface area contributed by atoms with Crippen LogP contribution < -0.4 is 9.62 Å². The van der Waals surface area contributed by atoms with Crippen molar-refractivity contribution < 1.29 is 18.0 Å². The normalized spacial score (nSPS) is 19.3. The summed E-state index contributed by atoms with van der Waals surface area (Å²) in [6.07, 6.45) is 0. The van der Waals surface area contributed by atoms with Gasteiger partial charge in [0.2, 0.25) is 11.0 Å². The molecule has 3 rings (SSSR count). The van der Waals surface area contributed by atoms with Gasteiger partial charge in [-0.2, -0.15) is 0 Å². The second-order valence-electron chi connectivity index (χ2n) is 5.25. The predicted octanol–water partition coefficient (Wildman–Crippen LogP) is 2.03. The van der Waals surface area contributed by atoms with Crippen molar-refractivity contribution in [3.05, 3.63) is 46.2 Å². The zero-order valence-corrected chi connectivity index (χ0v) is 14.1. The van der Waals surface area contributed by atoms with Gasteiger partial charge in [-0.25, -0.2) is 8.42 Å². The number of thiophene rings is 1. The Balaban J connectivity index is 1.96. The Morgan fingerprint density at radius 3 is 2.52 bits per heavy atom. The van der Waals surface area contributed by atoms with E-state index in [2.05, 4.69) is 5.32 Å². The van der Waals surface area contributed by atoms with Gasteiger partial charge in [-0.1, -0.05) is 17.7 Å². The maximum Gasteiger partial charge on any atom is 0.254 e. The highest BCUT2D eigenvalue weighted by atomic mass is 32.2. The smallest absolute Gasteiger partial charge is 0.254 e. The Morgan fingerprint density at radius 2 is 1.87 bits per heavy atom. The number of anilines is 2. The van der Waals surface area contributed by atoms with Crippen LogP contribution in [0.25, 0.3) is 0 Å². The number of nitrogens with zero attached hydrogens (tertiary/aromatic N) is 1. The number of hydrogen-bond donors (Lipinski definition) is 1. The molecule has 0 spiro atoms. The monoisotopic (exact) mass is 350 g/mol. The summed E-state index contributed by atoms with van der Waals surface area (Å²) in [6, 6.07) is 8.46. The molecule has 1 aromatic heterocycles. The summed E-state index contributed by atoms with van der Waals surface area (Å²) in [5.74, 6) is -1.53. The number of carbonyl (C=O) groups is 2. The number of rotatable bonds is 2. The van der Waals surface area contributed by atoms with Crippen molar-refractivity contribution >= 4 is 44.4 Å². The number of carbonyl (C=O) groups excluding carboxylic acids is 2. The molecule has 2 aromatic rings. The molecule has 23 heavy (non-hydrogen) atoms. The minimum Gasteiger partial charge on any atom is -0.324 e. The molecule has 1 aliphatic rings. The molecule has 0 aliphatic carbocycles. The van der Waals surface area contributed by atoms with E-state index in [4.69, 9.17) is 0 Å². The second kappa shape index (κ2) is 5.47. The Labute approximate surface area is 137 Å². The average molecular weight is 350 g/mol. The Morgan fingerprint density at radius 1 is 1.22 bits per heavy atom. The molecule has 1 aromatic carbocycles. The van der Waals surface area contributed by atoms with Gasteiger partial charge in [0.25, 0.3) is 15.9 Å². The van der Waals surface area contributed by atoms with Crippen molar-refractivity contribution in [1.29, 1.82) is 0 Å². The lowest BCUT2D eigenvalue weighted by Crippen LogP contribution is -2.51. The van der Waals surface area contributed by atoms with Gasteiger partial charge in [-0.15, -0.1) is 11.3 Å². The maximum absolute atomic E-state index is 12.5. The first kappa shape index (κ1) is 15.7. The summed E-state index contributed by atoms with van der Waals surface area (Å²) in [5, 5.41) is 2.38. The van der Waals surface area contributed by atoms with Gasteiger partial charge in [0, 0.05) is 12.7 Å². The van der Waals surface area contributed by atoms with Gasteiger partial charge in [0.1, 0.15) is 0 Å². The summed E-state index contributed by atoms with van der Waals surface area (Å²) < 4.78 is 26.0. The third kappa shape index (κ3) is 2.53. The van der Waals surface area contributed by atoms with Crippen LogP contribution in [0.15, 0.2) is 35.7 Å². The van der Waals surface area contributed by atoms with E-state index in [1.165, 1.54) is 7.05 Å². The first-order valence-corrected chi connectivity index (χ1v) is 9.17. The van der Waals surface area contributed by atoms with E-state index < -0.39 is 27.0 Å². The van der Waals surface area contributed by atoms with Crippen LogP contribution in [0.5, 0.6) is 0 Å². The molecule has 0 saturated carbocycles. The number of aryl methyl sites for hydroxylation is 1. The van der Waals surface area contributed by atoms with Crippen LogP contribution in [0.4, 0.5) is 11.4 Å². The zero-order chi connectivity index (χ0) is 16.8. The molecule has 1 N–H and O–H groups in total. The van der Waals surface area contributed by atoms with Crippen LogP contribution in [0.2, 0.25) is 0 Å². The van der Waals surface area contributed by atoms with Crippen LogP contribution in [-0.2, 0) is 14.8 Å². The molecule has 1 aliphatic heterocycles. The molecule has 2 heterocycles. The minimum atomic E-state index is -4.08. The molecular formula is C15H14N2O4S2. The van der Waals surface area contributed by atoms with E-state index >= 15 is 0 Å². The van der Waals surface area contributed by atoms with Crippen molar-refractivity contribution in [2.75, 3.05) is 16.7 Å². The molecule has 6 nitrogen and oxygen atoms in total. The third-order valence-electron chi connectivity index (χ3n) is 3.68. The van der Waals surface area contributed by atoms with E-state index in [0.717, 1.165) is 21.2 Å². The molecule has 120 valence electrons. The van der Waals surface area contributed by atoms with Crippen LogP contribution in [0.3, 0.4) is 0 Å². The van der Waals surface area contributed by atoms with Crippen molar-refractivity contribution in [2.45, 2.75) is 12.2 Å². The summed E-state index contributed by atoms with van der Waals surface area (Å²) in [5.41, 5.74) is 1.77. The Hall–Kier alpha value is -2.19. The highest BCUT2D eigenvalue weighted by Gasteiger charge is 2.48. The fourth-order valence-corrected chi connectivity index (χ4v) is 4.87. The highest BCUT2D eigenvalue weighted by Crippen LogP contribution is 2.35. The van der Waals surface area contributed by atoms with Crippen LogP contribution >= 0.6 is 11.3 Å². The highest BCUT2D eigenvalue weighted by molar-refractivity contribution is 7.95. The molecule has 0 unspecified atom stereocenters. The summed E-state index contributed by atoms with van der Waals surface area (Å²) >= 11 is 1.13. The lowest BCUT2D eigenvalue weighted by molar-refractivity contribution is -0.115. The molecule has 0 fully saturated rings. The van der Waals surface area contributed by atoms with Gasteiger partial charge >= 0.3 is 0 Å². The number of ketones is 1. The van der Waals surface area contributed by atoms with E-state index in [1.807, 2.05) is 6.92 Å². The number of sulfonamides is 1. The summed E-state index contributed by atoms with van der Waals surface area (Å²) in [7, 11) is -2.74. The zero-order valence-electron chi connectivity index (χ0n) is 12.4. The number of amides is 1. The van der Waals surface area contributed by atoms with Gasteiger partial charge < -0.3 is 5.32 Å². The largest absolute Gasteiger partial charge is 0.324 e. The first-order valence-electron chi connectivity index (χ1n) is 6.79. The van der Waals surface area contributed by atoms with Crippen molar-refractivity contribution in [1.82, 2.24) is 0 Å². The Bertz CT molecular complexity index is 884. The molecule has 0 bridgehead atoms. The maximum atomic E-state index is 12.5. The third-order valence-corrected chi connectivity index (χ3v) is 6.58. The summed E-state index contributed by atoms with van der Waals surface area (Å²) in [6.45, 7) is 1.90. The number of benzene rings is 1. The molecule has 0 saturated heterocycles. The number of Topliss-reactive ketones (excluding diaryl/α,β-unsaturated/α-hetero) is 1. The molecular weight excluding hydrogens is 336 g/mol. The topological polar surface area (TPSA) is 83.6 Å². The van der Waals surface area contributed by atoms with E-state index in [0.29, 0.717) is 11.4 Å². The standard InChI is InChI=1S/C15H14N2O4S2/c1-9-3-5-10(6-4-9)16-15(19)14-12(18)13-11(7-8-22-13)17(2)23(14,20)21/h3-8,14H,1-2H3,(H,16,19)/t14-/m0/s1. The van der Waals surface area contributed by atoms with Gasteiger partial charge in [-0.3, -0.25) is 13.9 Å². The number of fused-ring (bicyclic) bond motifs is 1. The van der Waals surface area contributed by atoms with E-state index in [-0.39, 0.29) is 4.88 Å². The Kier molecular flexibility index (Phi) is 3.73. The molecule has 1 amide bonds. The predicted molar refractivity (Wildman–Crippen MR) is 89.6 cm³/mol. The second-order valence-corrected chi connectivity index (χ2v) is 8.21. The minimum absolute atomic E-state index is 0.284. The van der Waals surface area contributed by atoms with Crippen LogP contribution in [-0.4, -0.2) is 32.4 Å². The lowest BCUT2D eigenvalue weighted by atomic mass is 10.2. The number of hydrogen-bond acceptors (Lipinski definition) is 5. The van der Waals surface area contributed by atoms with Crippen molar-refractivity contribution in [3.8, 4) is 0 Å². The lowest BCUT2D eigenvalue weighted by Gasteiger charge is -2.29. The van der Waals surface area contributed by atoms with Crippen LogP contribution in [0, 0.1) is 6.92 Å².